The molecule has 0 aromatic carbocycles. The molecule has 80 valence electrons. The zero-order valence-electron chi connectivity index (χ0n) is 9.34. The second-order valence-electron chi connectivity index (χ2n) is 3.86. The summed E-state index contributed by atoms with van der Waals surface area (Å²) in [7, 11) is 0. The van der Waals surface area contributed by atoms with E-state index < -0.39 is 0 Å². The van der Waals surface area contributed by atoms with Crippen LogP contribution in [0.15, 0.2) is 5.38 Å². The van der Waals surface area contributed by atoms with Crippen molar-refractivity contribution in [2.75, 3.05) is 6.54 Å². The highest BCUT2D eigenvalue weighted by Gasteiger charge is 2.04. The summed E-state index contributed by atoms with van der Waals surface area (Å²) in [5.41, 5.74) is 1.19. The minimum Gasteiger partial charge on any atom is -0.311 e. The molecule has 1 N–H and O–H groups in total. The van der Waals surface area contributed by atoms with Crippen LogP contribution in [0, 0.1) is 0 Å². The number of rotatable bonds is 6. The fraction of sp³-hybridized carbons (Fsp3) is 0.727. The van der Waals surface area contributed by atoms with Crippen LogP contribution in [0.1, 0.15) is 50.2 Å². The Bertz CT molecular complexity index is 256. The van der Waals surface area contributed by atoms with Crippen molar-refractivity contribution in [3.05, 3.63) is 16.1 Å². The van der Waals surface area contributed by atoms with Crippen LogP contribution in [0.2, 0.25) is 0 Å². The third-order valence-electron chi connectivity index (χ3n) is 2.08. The Balaban J connectivity index is 2.29. The van der Waals surface area contributed by atoms with E-state index in [1.165, 1.54) is 23.5 Å². The predicted octanol–water partition coefficient (Wildman–Crippen LogP) is 3.16. The molecule has 3 heteroatoms. The molecule has 0 unspecified atom stereocenters. The lowest BCUT2D eigenvalue weighted by Gasteiger charge is -2.00. The number of hydrogen-bond donors (Lipinski definition) is 1. The van der Waals surface area contributed by atoms with Gasteiger partial charge < -0.3 is 5.32 Å². The Kier molecular flexibility index (Phi) is 5.12. The van der Waals surface area contributed by atoms with Crippen molar-refractivity contribution in [1.29, 1.82) is 0 Å². The van der Waals surface area contributed by atoms with E-state index in [1.54, 1.807) is 11.3 Å². The lowest BCUT2D eigenvalue weighted by Crippen LogP contribution is -2.14. The average molecular weight is 212 g/mol. The molecule has 0 aliphatic heterocycles. The summed E-state index contributed by atoms with van der Waals surface area (Å²) in [6, 6.07) is 0. The fourth-order valence-corrected chi connectivity index (χ4v) is 2.02. The van der Waals surface area contributed by atoms with E-state index >= 15 is 0 Å². The van der Waals surface area contributed by atoms with Crippen LogP contribution in [-0.4, -0.2) is 11.5 Å². The molecular weight excluding hydrogens is 192 g/mol. The van der Waals surface area contributed by atoms with Crippen molar-refractivity contribution in [3.8, 4) is 0 Å². The topological polar surface area (TPSA) is 24.9 Å². The highest BCUT2D eigenvalue weighted by Crippen LogP contribution is 2.18. The second kappa shape index (κ2) is 6.14. The maximum absolute atomic E-state index is 4.56. The molecule has 0 fully saturated rings. The van der Waals surface area contributed by atoms with Crippen molar-refractivity contribution >= 4 is 11.3 Å². The Morgan fingerprint density at radius 2 is 2.29 bits per heavy atom. The van der Waals surface area contributed by atoms with E-state index in [9.17, 15) is 0 Å². The molecule has 1 aromatic heterocycles. The van der Waals surface area contributed by atoms with Gasteiger partial charge in [-0.05, 0) is 13.0 Å². The second-order valence-corrected chi connectivity index (χ2v) is 4.75. The third kappa shape index (κ3) is 3.76. The summed E-state index contributed by atoms with van der Waals surface area (Å²) in [6.07, 6.45) is 2.50. The van der Waals surface area contributed by atoms with Crippen molar-refractivity contribution in [3.63, 3.8) is 0 Å². The van der Waals surface area contributed by atoms with Gasteiger partial charge in [-0.25, -0.2) is 4.98 Å². The SMILES string of the molecule is CCCCNCc1csc(C(C)C)n1. The number of thiazole rings is 1. The zero-order valence-corrected chi connectivity index (χ0v) is 10.2. The molecule has 14 heavy (non-hydrogen) atoms. The fourth-order valence-electron chi connectivity index (χ4n) is 1.19. The van der Waals surface area contributed by atoms with E-state index in [4.69, 9.17) is 0 Å². The van der Waals surface area contributed by atoms with Gasteiger partial charge in [0, 0.05) is 17.8 Å². The van der Waals surface area contributed by atoms with Gasteiger partial charge in [-0.2, -0.15) is 0 Å². The smallest absolute Gasteiger partial charge is 0.0954 e. The van der Waals surface area contributed by atoms with E-state index in [1.807, 2.05) is 0 Å². The van der Waals surface area contributed by atoms with Crippen molar-refractivity contribution in [1.82, 2.24) is 10.3 Å². The van der Waals surface area contributed by atoms with Gasteiger partial charge in [0.2, 0.25) is 0 Å². The van der Waals surface area contributed by atoms with Crippen LogP contribution < -0.4 is 5.32 Å². The first-order chi connectivity index (χ1) is 6.74. The number of unbranched alkanes of at least 4 members (excludes halogenated alkanes) is 1. The van der Waals surface area contributed by atoms with Crippen molar-refractivity contribution in [2.24, 2.45) is 0 Å². The normalized spacial score (nSPS) is 11.1. The van der Waals surface area contributed by atoms with Crippen LogP contribution in [-0.2, 0) is 6.54 Å². The molecule has 2 nitrogen and oxygen atoms in total. The highest BCUT2D eigenvalue weighted by atomic mass is 32.1. The highest BCUT2D eigenvalue weighted by molar-refractivity contribution is 7.09. The van der Waals surface area contributed by atoms with Crippen LogP contribution in [0.25, 0.3) is 0 Å². The van der Waals surface area contributed by atoms with Crippen LogP contribution in [0.3, 0.4) is 0 Å². The maximum atomic E-state index is 4.56. The van der Waals surface area contributed by atoms with Gasteiger partial charge in [0.15, 0.2) is 0 Å². The molecule has 0 bridgehead atoms. The van der Waals surface area contributed by atoms with Crippen LogP contribution >= 0.6 is 11.3 Å². The lowest BCUT2D eigenvalue weighted by atomic mass is 10.2. The Labute approximate surface area is 90.8 Å². The van der Waals surface area contributed by atoms with E-state index in [-0.39, 0.29) is 0 Å². The number of nitrogens with zero attached hydrogens (tertiary/aromatic N) is 1. The van der Waals surface area contributed by atoms with Gasteiger partial charge in [0.1, 0.15) is 0 Å². The molecule has 0 amide bonds. The largest absolute Gasteiger partial charge is 0.311 e. The van der Waals surface area contributed by atoms with Gasteiger partial charge in [0.25, 0.3) is 0 Å². The molecule has 0 aliphatic rings. The summed E-state index contributed by atoms with van der Waals surface area (Å²) in [4.78, 5) is 4.56. The van der Waals surface area contributed by atoms with Crippen molar-refractivity contribution < 1.29 is 0 Å². The first-order valence-corrected chi connectivity index (χ1v) is 6.27. The summed E-state index contributed by atoms with van der Waals surface area (Å²) in [6.45, 7) is 8.61. The van der Waals surface area contributed by atoms with Gasteiger partial charge in [-0.3, -0.25) is 0 Å². The Morgan fingerprint density at radius 1 is 1.50 bits per heavy atom. The molecule has 0 saturated carbocycles. The summed E-state index contributed by atoms with van der Waals surface area (Å²) in [5.74, 6) is 0.560. The summed E-state index contributed by atoms with van der Waals surface area (Å²) < 4.78 is 0. The number of nitrogens with one attached hydrogen (secondary N) is 1. The van der Waals surface area contributed by atoms with Gasteiger partial charge >= 0.3 is 0 Å². The molecule has 0 atom stereocenters. The van der Waals surface area contributed by atoms with Crippen LogP contribution in [0.5, 0.6) is 0 Å². The molecule has 1 rings (SSSR count). The predicted molar refractivity (Wildman–Crippen MR) is 62.8 cm³/mol. The van der Waals surface area contributed by atoms with Crippen LogP contribution in [0.4, 0.5) is 0 Å². The maximum Gasteiger partial charge on any atom is 0.0954 e. The molecule has 1 heterocycles. The molecule has 0 radical (unpaired) electrons. The summed E-state index contributed by atoms with van der Waals surface area (Å²) in [5, 5.41) is 6.81. The van der Waals surface area contributed by atoms with Gasteiger partial charge in [0.05, 0.1) is 10.7 Å². The van der Waals surface area contributed by atoms with E-state index in [2.05, 4.69) is 36.5 Å². The molecule has 1 aromatic rings. The monoisotopic (exact) mass is 212 g/mol. The van der Waals surface area contributed by atoms with Crippen molar-refractivity contribution in [2.45, 2.75) is 46.1 Å². The Morgan fingerprint density at radius 3 is 2.86 bits per heavy atom. The first kappa shape index (κ1) is 11.7. The average Bonchev–Trinajstić information content (AvgIpc) is 2.61. The minimum absolute atomic E-state index is 0.560. The molecule has 0 saturated heterocycles. The van der Waals surface area contributed by atoms with E-state index in [0.717, 1.165) is 13.1 Å². The minimum atomic E-state index is 0.560. The lowest BCUT2D eigenvalue weighted by molar-refractivity contribution is 0.633. The quantitative estimate of drug-likeness (QED) is 0.733. The molecular formula is C11H20N2S. The molecule has 0 aliphatic carbocycles. The Hall–Kier alpha value is -0.410. The zero-order chi connectivity index (χ0) is 10.4. The van der Waals surface area contributed by atoms with Gasteiger partial charge in [-0.1, -0.05) is 27.2 Å². The number of hydrogen-bond acceptors (Lipinski definition) is 3. The number of aromatic nitrogens is 1. The standard InChI is InChI=1S/C11H20N2S/c1-4-5-6-12-7-10-8-14-11(13-10)9(2)3/h8-9,12H,4-7H2,1-3H3. The summed E-state index contributed by atoms with van der Waals surface area (Å²) >= 11 is 1.77. The molecule has 0 spiro atoms. The van der Waals surface area contributed by atoms with Gasteiger partial charge in [-0.15, -0.1) is 11.3 Å². The third-order valence-corrected chi connectivity index (χ3v) is 3.27. The first-order valence-electron chi connectivity index (χ1n) is 5.39. The van der Waals surface area contributed by atoms with E-state index in [0.29, 0.717) is 5.92 Å².